The van der Waals surface area contributed by atoms with E-state index in [9.17, 15) is 9.18 Å². The normalized spacial score (nSPS) is 10.8. The monoisotopic (exact) mass is 330 g/mol. The zero-order valence-electron chi connectivity index (χ0n) is 13.1. The van der Waals surface area contributed by atoms with Gasteiger partial charge in [-0.1, -0.05) is 6.07 Å². The van der Waals surface area contributed by atoms with E-state index in [4.69, 9.17) is 9.25 Å². The van der Waals surface area contributed by atoms with Crippen LogP contribution >= 0.6 is 0 Å². The maximum Gasteiger partial charge on any atom is 0.312 e. The van der Waals surface area contributed by atoms with Gasteiger partial charge in [0.1, 0.15) is 11.5 Å². The van der Waals surface area contributed by atoms with E-state index in [1.54, 1.807) is 32.0 Å². The molecule has 1 amide bonds. The lowest BCUT2D eigenvalue weighted by molar-refractivity contribution is 0.0343. The first kappa shape index (κ1) is 15.9. The Morgan fingerprint density at radius 3 is 2.96 bits per heavy atom. The highest BCUT2D eigenvalue weighted by atomic mass is 19.1. The number of hydroxylamine groups is 1. The number of carbonyl (C=O) groups is 1. The summed E-state index contributed by atoms with van der Waals surface area (Å²) in [5.41, 5.74) is 4.11. The molecule has 2 heterocycles. The average Bonchev–Trinajstić information content (AvgIpc) is 2.94. The van der Waals surface area contributed by atoms with E-state index in [0.29, 0.717) is 17.7 Å². The van der Waals surface area contributed by atoms with E-state index in [-0.39, 0.29) is 17.1 Å². The smallest absolute Gasteiger partial charge is 0.312 e. The van der Waals surface area contributed by atoms with Crippen LogP contribution in [0.5, 0.6) is 0 Å². The first-order valence-electron chi connectivity index (χ1n) is 7.29. The van der Waals surface area contributed by atoms with Crippen molar-refractivity contribution in [2.24, 2.45) is 0 Å². The number of furan rings is 1. The van der Waals surface area contributed by atoms with E-state index in [0.717, 1.165) is 5.56 Å². The Bertz CT molecular complexity index is 894. The zero-order chi connectivity index (χ0) is 17.1. The van der Waals surface area contributed by atoms with Gasteiger partial charge in [0.15, 0.2) is 11.1 Å². The van der Waals surface area contributed by atoms with Crippen molar-refractivity contribution in [1.29, 1.82) is 0 Å². The van der Waals surface area contributed by atoms with Gasteiger partial charge in [-0.25, -0.2) is 9.87 Å². The number of anilines is 2. The van der Waals surface area contributed by atoms with Crippen molar-refractivity contribution in [2.45, 2.75) is 13.8 Å². The van der Waals surface area contributed by atoms with E-state index in [1.165, 1.54) is 12.3 Å². The molecule has 2 N–H and O–H groups in total. The molecule has 8 heteroatoms. The number of carbonyl (C=O) groups excluding carboxylic acids is 1. The number of nitrogens with one attached hydrogen (secondary N) is 2. The van der Waals surface area contributed by atoms with Crippen molar-refractivity contribution in [1.82, 2.24) is 15.7 Å². The molecule has 2 aromatic heterocycles. The number of amides is 1. The van der Waals surface area contributed by atoms with Crippen LogP contribution in [0.2, 0.25) is 0 Å². The van der Waals surface area contributed by atoms with Crippen LogP contribution in [-0.4, -0.2) is 22.7 Å². The number of aromatic nitrogens is 2. The van der Waals surface area contributed by atoms with Gasteiger partial charge in [-0.15, -0.1) is 5.10 Å². The van der Waals surface area contributed by atoms with Crippen LogP contribution in [0.25, 0.3) is 11.1 Å². The Morgan fingerprint density at radius 2 is 2.21 bits per heavy atom. The van der Waals surface area contributed by atoms with Gasteiger partial charge in [-0.3, -0.25) is 9.63 Å². The Labute approximate surface area is 136 Å². The molecule has 0 aliphatic heterocycles. The fourth-order valence-electron chi connectivity index (χ4n) is 2.16. The predicted octanol–water partition coefficient (Wildman–Crippen LogP) is 3.10. The summed E-state index contributed by atoms with van der Waals surface area (Å²) in [5, 5.41) is 10.6. The van der Waals surface area contributed by atoms with Crippen LogP contribution in [0.15, 0.2) is 34.9 Å². The molecule has 0 fully saturated rings. The van der Waals surface area contributed by atoms with Crippen molar-refractivity contribution in [3.63, 3.8) is 0 Å². The fourth-order valence-corrected chi connectivity index (χ4v) is 2.16. The summed E-state index contributed by atoms with van der Waals surface area (Å²) in [5.74, 6) is -1.13. The topological polar surface area (TPSA) is 89.3 Å². The summed E-state index contributed by atoms with van der Waals surface area (Å²) in [7, 11) is 0. The van der Waals surface area contributed by atoms with Crippen molar-refractivity contribution in [3.8, 4) is 0 Å². The third-order valence-corrected chi connectivity index (χ3v) is 3.26. The Hall–Kier alpha value is -3.00. The SMILES string of the molecule is CCONC(=O)c1oc2ccnnc2c1Nc1ccc(C)cc1F. The summed E-state index contributed by atoms with van der Waals surface area (Å²) < 4.78 is 19.6. The van der Waals surface area contributed by atoms with E-state index in [2.05, 4.69) is 21.0 Å². The Morgan fingerprint density at radius 1 is 1.38 bits per heavy atom. The summed E-state index contributed by atoms with van der Waals surface area (Å²) in [6.07, 6.45) is 1.44. The highest BCUT2D eigenvalue weighted by Crippen LogP contribution is 2.32. The van der Waals surface area contributed by atoms with Gasteiger partial charge in [0.05, 0.1) is 18.5 Å². The summed E-state index contributed by atoms with van der Waals surface area (Å²) in [6.45, 7) is 3.80. The average molecular weight is 330 g/mol. The number of aryl methyl sites for hydroxylation is 1. The minimum atomic E-state index is -0.607. The molecule has 7 nitrogen and oxygen atoms in total. The van der Waals surface area contributed by atoms with Crippen LogP contribution in [-0.2, 0) is 4.84 Å². The van der Waals surface area contributed by atoms with Crippen LogP contribution in [0.3, 0.4) is 0 Å². The summed E-state index contributed by atoms with van der Waals surface area (Å²) in [4.78, 5) is 17.1. The van der Waals surface area contributed by atoms with Gasteiger partial charge in [0.2, 0.25) is 5.76 Å². The largest absolute Gasteiger partial charge is 0.447 e. The third-order valence-electron chi connectivity index (χ3n) is 3.26. The number of benzene rings is 1. The van der Waals surface area contributed by atoms with Gasteiger partial charge < -0.3 is 9.73 Å². The van der Waals surface area contributed by atoms with E-state index in [1.807, 2.05) is 0 Å². The molecule has 0 radical (unpaired) electrons. The van der Waals surface area contributed by atoms with Crippen molar-refractivity contribution < 1.29 is 18.4 Å². The number of fused-ring (bicyclic) bond motifs is 1. The lowest BCUT2D eigenvalue weighted by Crippen LogP contribution is -2.23. The van der Waals surface area contributed by atoms with Crippen LogP contribution < -0.4 is 10.8 Å². The molecule has 0 saturated carbocycles. The van der Waals surface area contributed by atoms with Gasteiger partial charge in [-0.05, 0) is 31.5 Å². The predicted molar refractivity (Wildman–Crippen MR) is 85.3 cm³/mol. The fraction of sp³-hybridized carbons (Fsp3) is 0.188. The summed E-state index contributed by atoms with van der Waals surface area (Å²) >= 11 is 0. The van der Waals surface area contributed by atoms with Crippen molar-refractivity contribution >= 4 is 28.4 Å². The second-order valence-corrected chi connectivity index (χ2v) is 5.02. The lowest BCUT2D eigenvalue weighted by atomic mass is 10.2. The third kappa shape index (κ3) is 3.04. The first-order chi connectivity index (χ1) is 11.6. The number of halogens is 1. The first-order valence-corrected chi connectivity index (χ1v) is 7.29. The highest BCUT2D eigenvalue weighted by molar-refractivity contribution is 6.05. The number of hydrogen-bond acceptors (Lipinski definition) is 6. The van der Waals surface area contributed by atoms with Crippen molar-refractivity contribution in [2.75, 3.05) is 11.9 Å². The van der Waals surface area contributed by atoms with E-state index < -0.39 is 11.7 Å². The maximum atomic E-state index is 14.1. The molecule has 0 spiro atoms. The maximum absolute atomic E-state index is 14.1. The molecule has 0 aliphatic carbocycles. The molecule has 0 atom stereocenters. The molecule has 24 heavy (non-hydrogen) atoms. The molecule has 0 saturated heterocycles. The Kier molecular flexibility index (Phi) is 4.39. The number of hydrogen-bond donors (Lipinski definition) is 2. The molecule has 0 unspecified atom stereocenters. The minimum Gasteiger partial charge on any atom is -0.447 e. The van der Waals surface area contributed by atoms with Crippen LogP contribution in [0, 0.1) is 12.7 Å². The quantitative estimate of drug-likeness (QED) is 0.699. The second kappa shape index (κ2) is 6.63. The molecule has 3 aromatic rings. The molecular weight excluding hydrogens is 315 g/mol. The molecular formula is C16H15FN4O3. The van der Waals surface area contributed by atoms with Gasteiger partial charge in [0.25, 0.3) is 0 Å². The second-order valence-electron chi connectivity index (χ2n) is 5.02. The molecule has 0 bridgehead atoms. The molecule has 1 aromatic carbocycles. The molecule has 3 rings (SSSR count). The van der Waals surface area contributed by atoms with Crippen LogP contribution in [0.1, 0.15) is 23.0 Å². The molecule has 124 valence electrons. The van der Waals surface area contributed by atoms with Gasteiger partial charge in [0, 0.05) is 6.07 Å². The summed E-state index contributed by atoms with van der Waals surface area (Å²) in [6, 6.07) is 6.27. The standard InChI is InChI=1S/C16H15FN4O3/c1-3-23-21-16(22)15-14(13-12(24-15)6-7-18-20-13)19-11-5-4-9(2)8-10(11)17/h4-8,19H,3H2,1-2H3,(H,21,22). The van der Waals surface area contributed by atoms with Crippen LogP contribution in [0.4, 0.5) is 15.8 Å². The van der Waals surface area contributed by atoms with E-state index >= 15 is 0 Å². The lowest BCUT2D eigenvalue weighted by Gasteiger charge is -2.08. The zero-order valence-corrected chi connectivity index (χ0v) is 13.1. The molecule has 0 aliphatic rings. The number of rotatable bonds is 5. The highest BCUT2D eigenvalue weighted by Gasteiger charge is 2.23. The van der Waals surface area contributed by atoms with Gasteiger partial charge >= 0.3 is 5.91 Å². The minimum absolute atomic E-state index is 0.0704. The van der Waals surface area contributed by atoms with Crippen molar-refractivity contribution in [3.05, 3.63) is 47.6 Å². The Balaban J connectivity index is 2.05. The number of nitrogens with zero attached hydrogens (tertiary/aromatic N) is 2. The van der Waals surface area contributed by atoms with Gasteiger partial charge in [-0.2, -0.15) is 5.10 Å².